The summed E-state index contributed by atoms with van der Waals surface area (Å²) in [6.45, 7) is 10.6. The predicted octanol–water partition coefficient (Wildman–Crippen LogP) is 0.751. The Kier molecular flexibility index (Phi) is 1.77. The summed E-state index contributed by atoms with van der Waals surface area (Å²) in [5, 5.41) is 8.01. The van der Waals surface area contributed by atoms with Crippen molar-refractivity contribution in [3.8, 4) is 0 Å². The second-order valence-corrected chi connectivity index (χ2v) is 4.37. The predicted molar refractivity (Wildman–Crippen MR) is 43.2 cm³/mol. The largest absolute Gasteiger partial charge is 0.309 e. The number of piperazine rings is 1. The maximum Gasteiger partial charge on any atom is 0.0425 e. The fourth-order valence-electron chi connectivity index (χ4n) is 0.979. The highest BCUT2D eigenvalue weighted by molar-refractivity contribution is 4.94. The summed E-state index contributed by atoms with van der Waals surface area (Å²) in [6, 6.07) is 0. The highest BCUT2D eigenvalue weighted by atomic mass is 15.1. The molecule has 0 unspecified atom stereocenters. The van der Waals surface area contributed by atoms with Crippen LogP contribution in [-0.2, 0) is 0 Å². The van der Waals surface area contributed by atoms with E-state index in [2.05, 4.69) is 38.3 Å². The Morgan fingerprint density at radius 2 is 1.80 bits per heavy atom. The van der Waals surface area contributed by atoms with Crippen molar-refractivity contribution in [2.45, 2.75) is 38.8 Å². The number of rotatable bonds is 0. The van der Waals surface area contributed by atoms with Crippen molar-refractivity contribution in [2.24, 2.45) is 0 Å². The second kappa shape index (κ2) is 2.21. The summed E-state index contributed by atoms with van der Waals surface area (Å²) in [5.41, 5.74) is 0.366. The first-order valence-corrected chi connectivity index (χ1v) is 3.85. The van der Waals surface area contributed by atoms with Gasteiger partial charge >= 0.3 is 0 Å². The molecule has 0 amide bonds. The summed E-state index contributed by atoms with van der Waals surface area (Å²) in [6.07, 6.45) is 0. The zero-order valence-corrected chi connectivity index (χ0v) is 7.36. The van der Waals surface area contributed by atoms with Crippen LogP contribution in [0.2, 0.25) is 0 Å². The molecule has 59 valence electrons. The fraction of sp³-hybridized carbons (Fsp3) is 1.00. The van der Waals surface area contributed by atoms with E-state index in [0.717, 1.165) is 13.1 Å². The number of nitrogens with one attached hydrogen (secondary N) is 1. The van der Waals surface area contributed by atoms with Gasteiger partial charge in [0.25, 0.3) is 0 Å². The minimum Gasteiger partial charge on any atom is -0.309 e. The van der Waals surface area contributed by atoms with Gasteiger partial charge in [0.05, 0.1) is 0 Å². The van der Waals surface area contributed by atoms with Crippen molar-refractivity contribution in [2.75, 3.05) is 13.1 Å². The molecular weight excluding hydrogens is 124 g/mol. The molecular formula is C8H17N2. The standard InChI is InChI=1S/C8H17N2/c1-7(2)5-10-8(3,4)6-9-7/h9H,5-6H2,1-4H3. The maximum atomic E-state index is 4.55. The van der Waals surface area contributed by atoms with E-state index in [1.165, 1.54) is 0 Å². The van der Waals surface area contributed by atoms with Crippen LogP contribution in [0.25, 0.3) is 0 Å². The van der Waals surface area contributed by atoms with Crippen molar-refractivity contribution < 1.29 is 0 Å². The van der Waals surface area contributed by atoms with Gasteiger partial charge in [-0.15, -0.1) is 0 Å². The maximum absolute atomic E-state index is 4.55. The first-order chi connectivity index (χ1) is 4.41. The summed E-state index contributed by atoms with van der Waals surface area (Å²) in [4.78, 5) is 0. The van der Waals surface area contributed by atoms with E-state index in [0.29, 0.717) is 0 Å². The van der Waals surface area contributed by atoms with E-state index in [9.17, 15) is 0 Å². The fourth-order valence-corrected chi connectivity index (χ4v) is 0.979. The smallest absolute Gasteiger partial charge is 0.0425 e. The molecule has 1 radical (unpaired) electrons. The lowest BCUT2D eigenvalue weighted by molar-refractivity contribution is 0.212. The molecule has 2 nitrogen and oxygen atoms in total. The third kappa shape index (κ3) is 1.96. The average molecular weight is 141 g/mol. The Labute approximate surface area is 63.4 Å². The van der Waals surface area contributed by atoms with Crippen LogP contribution in [0.1, 0.15) is 27.7 Å². The quantitative estimate of drug-likeness (QED) is 0.529. The Bertz CT molecular complexity index is 99.2. The third-order valence-corrected chi connectivity index (χ3v) is 1.90. The van der Waals surface area contributed by atoms with Crippen molar-refractivity contribution in [1.82, 2.24) is 10.6 Å². The van der Waals surface area contributed by atoms with Gasteiger partial charge in [-0.3, -0.25) is 0 Å². The molecule has 0 spiro atoms. The van der Waals surface area contributed by atoms with Crippen LogP contribution in [-0.4, -0.2) is 24.2 Å². The molecule has 0 aromatic carbocycles. The van der Waals surface area contributed by atoms with Gasteiger partial charge in [-0.2, -0.15) is 0 Å². The highest BCUT2D eigenvalue weighted by Crippen LogP contribution is 2.13. The monoisotopic (exact) mass is 141 g/mol. The number of hydrogen-bond acceptors (Lipinski definition) is 1. The topological polar surface area (TPSA) is 26.1 Å². The van der Waals surface area contributed by atoms with Gasteiger partial charge in [0.2, 0.25) is 0 Å². The van der Waals surface area contributed by atoms with E-state index in [1.54, 1.807) is 0 Å². The Balaban J connectivity index is 2.46. The number of hydrogen-bond donors (Lipinski definition) is 1. The van der Waals surface area contributed by atoms with Crippen molar-refractivity contribution in [3.63, 3.8) is 0 Å². The summed E-state index contributed by atoms with van der Waals surface area (Å²) in [5.74, 6) is 0. The van der Waals surface area contributed by atoms with Gasteiger partial charge in [0, 0.05) is 24.2 Å². The first-order valence-electron chi connectivity index (χ1n) is 3.85. The van der Waals surface area contributed by atoms with Crippen molar-refractivity contribution >= 4 is 0 Å². The van der Waals surface area contributed by atoms with Crippen molar-refractivity contribution in [3.05, 3.63) is 0 Å². The van der Waals surface area contributed by atoms with Crippen LogP contribution in [0.4, 0.5) is 0 Å². The Hall–Kier alpha value is -0.0800. The normalized spacial score (nSPS) is 30.0. The van der Waals surface area contributed by atoms with Gasteiger partial charge in [-0.1, -0.05) is 0 Å². The average Bonchev–Trinajstić information content (AvgIpc) is 1.79. The Morgan fingerprint density at radius 1 is 1.20 bits per heavy atom. The zero-order valence-electron chi connectivity index (χ0n) is 7.36. The highest BCUT2D eigenvalue weighted by Gasteiger charge is 2.31. The van der Waals surface area contributed by atoms with E-state index < -0.39 is 0 Å². The van der Waals surface area contributed by atoms with Crippen LogP contribution in [0.3, 0.4) is 0 Å². The van der Waals surface area contributed by atoms with Gasteiger partial charge in [-0.25, -0.2) is 5.32 Å². The van der Waals surface area contributed by atoms with Crippen LogP contribution in [0, 0.1) is 0 Å². The minimum atomic E-state index is 0.148. The molecule has 1 heterocycles. The van der Waals surface area contributed by atoms with Crippen LogP contribution >= 0.6 is 0 Å². The summed E-state index contributed by atoms with van der Waals surface area (Å²) >= 11 is 0. The second-order valence-electron chi connectivity index (χ2n) is 4.37. The molecule has 2 heteroatoms. The number of nitrogens with zero attached hydrogens (tertiary/aromatic N) is 1. The minimum absolute atomic E-state index is 0.148. The molecule has 0 bridgehead atoms. The molecule has 1 aliphatic rings. The molecule has 1 rings (SSSR count). The van der Waals surface area contributed by atoms with Crippen LogP contribution < -0.4 is 10.6 Å². The molecule has 1 fully saturated rings. The van der Waals surface area contributed by atoms with Gasteiger partial charge in [-0.05, 0) is 27.7 Å². The van der Waals surface area contributed by atoms with Crippen LogP contribution in [0.5, 0.6) is 0 Å². The van der Waals surface area contributed by atoms with Gasteiger partial charge < -0.3 is 5.32 Å². The zero-order chi connectivity index (χ0) is 7.83. The molecule has 0 aromatic heterocycles. The molecule has 0 saturated carbocycles. The molecule has 0 aromatic rings. The van der Waals surface area contributed by atoms with Crippen LogP contribution in [0.15, 0.2) is 0 Å². The van der Waals surface area contributed by atoms with Gasteiger partial charge in [0.15, 0.2) is 0 Å². The summed E-state index contributed by atoms with van der Waals surface area (Å²) in [7, 11) is 0. The molecule has 1 saturated heterocycles. The van der Waals surface area contributed by atoms with E-state index >= 15 is 0 Å². The van der Waals surface area contributed by atoms with Gasteiger partial charge in [0.1, 0.15) is 0 Å². The van der Waals surface area contributed by atoms with E-state index in [4.69, 9.17) is 0 Å². The first kappa shape index (κ1) is 8.02. The lowest BCUT2D eigenvalue weighted by Gasteiger charge is -2.40. The molecule has 10 heavy (non-hydrogen) atoms. The Morgan fingerprint density at radius 3 is 2.10 bits per heavy atom. The lowest BCUT2D eigenvalue weighted by Crippen LogP contribution is -2.61. The molecule has 1 aliphatic heterocycles. The van der Waals surface area contributed by atoms with Crippen molar-refractivity contribution in [1.29, 1.82) is 0 Å². The molecule has 0 atom stereocenters. The SMILES string of the molecule is CC1(C)CNC(C)(C)C[N]1. The third-order valence-electron chi connectivity index (χ3n) is 1.90. The molecule has 1 N–H and O–H groups in total. The van der Waals surface area contributed by atoms with E-state index in [-0.39, 0.29) is 11.1 Å². The molecule has 0 aliphatic carbocycles. The summed E-state index contributed by atoms with van der Waals surface area (Å²) < 4.78 is 0. The lowest BCUT2D eigenvalue weighted by atomic mass is 9.95. The van der Waals surface area contributed by atoms with E-state index in [1.807, 2.05) is 0 Å².